The van der Waals surface area contributed by atoms with Gasteiger partial charge < -0.3 is 15.3 Å². The Hall–Kier alpha value is -2.15. The van der Waals surface area contributed by atoms with Crippen LogP contribution in [0.4, 0.5) is 14.9 Å². The van der Waals surface area contributed by atoms with Crippen LogP contribution >= 0.6 is 0 Å². The number of aliphatic hydroxyl groups excluding tert-OH is 1. The van der Waals surface area contributed by atoms with E-state index in [1.165, 1.54) is 23.1 Å². The number of piperidine rings is 1. The zero-order valence-electron chi connectivity index (χ0n) is 14.4. The molecule has 0 radical (unpaired) electrons. The molecule has 0 spiro atoms. The van der Waals surface area contributed by atoms with Gasteiger partial charge in [0.05, 0.1) is 5.56 Å². The number of aliphatic hydroxyl groups is 1. The standard InChI is InChI=1S/C18H24FN3O3/c1-2-18(12-23)5-8-21(9-6-18)16(24)14-11-13(3-4-15(14)19)22-10-7-20-17(22)25/h3-4,11,23H,2,5-10,12H2,1H3,(H,20,25). The molecule has 2 fully saturated rings. The number of carbonyl (C=O) groups excluding carboxylic acids is 2. The lowest BCUT2D eigenvalue weighted by Crippen LogP contribution is -2.44. The fraction of sp³-hybridized carbons (Fsp3) is 0.556. The van der Waals surface area contributed by atoms with Crippen LogP contribution in [0.1, 0.15) is 36.5 Å². The zero-order chi connectivity index (χ0) is 18.0. The topological polar surface area (TPSA) is 72.9 Å². The number of hydrogen-bond donors (Lipinski definition) is 2. The van der Waals surface area contributed by atoms with Gasteiger partial charge in [0.2, 0.25) is 0 Å². The molecule has 7 heteroatoms. The maximum atomic E-state index is 14.2. The Balaban J connectivity index is 1.77. The molecule has 0 bridgehead atoms. The minimum Gasteiger partial charge on any atom is -0.396 e. The van der Waals surface area contributed by atoms with Crippen molar-refractivity contribution < 1.29 is 19.1 Å². The minimum atomic E-state index is -0.581. The van der Waals surface area contributed by atoms with E-state index in [9.17, 15) is 19.1 Å². The van der Waals surface area contributed by atoms with Crippen LogP contribution in [0, 0.1) is 11.2 Å². The van der Waals surface area contributed by atoms with Gasteiger partial charge in [-0.3, -0.25) is 9.69 Å². The van der Waals surface area contributed by atoms with E-state index < -0.39 is 5.82 Å². The summed E-state index contributed by atoms with van der Waals surface area (Å²) in [5, 5.41) is 12.3. The third-order valence-corrected chi connectivity index (χ3v) is 5.55. The second kappa shape index (κ2) is 7.00. The molecule has 25 heavy (non-hydrogen) atoms. The third kappa shape index (κ3) is 3.33. The second-order valence-corrected chi connectivity index (χ2v) is 6.85. The normalized spacial score (nSPS) is 19.9. The van der Waals surface area contributed by atoms with Crippen molar-refractivity contribution >= 4 is 17.6 Å². The quantitative estimate of drug-likeness (QED) is 0.873. The molecule has 6 nitrogen and oxygen atoms in total. The van der Waals surface area contributed by atoms with Gasteiger partial charge in [-0.1, -0.05) is 6.92 Å². The number of carbonyl (C=O) groups is 2. The van der Waals surface area contributed by atoms with Gasteiger partial charge >= 0.3 is 6.03 Å². The summed E-state index contributed by atoms with van der Waals surface area (Å²) in [7, 11) is 0. The molecule has 3 rings (SSSR count). The number of halogens is 1. The van der Waals surface area contributed by atoms with Crippen molar-refractivity contribution in [1.82, 2.24) is 10.2 Å². The van der Waals surface area contributed by atoms with Gasteiger partial charge in [0.1, 0.15) is 5.82 Å². The van der Waals surface area contributed by atoms with E-state index in [1.54, 1.807) is 4.90 Å². The highest BCUT2D eigenvalue weighted by molar-refractivity contribution is 5.98. The molecule has 2 aliphatic heterocycles. The number of amides is 3. The number of likely N-dealkylation sites (tertiary alicyclic amines) is 1. The molecule has 1 aromatic carbocycles. The van der Waals surface area contributed by atoms with Crippen molar-refractivity contribution in [3.05, 3.63) is 29.6 Å². The Bertz CT molecular complexity index is 666. The van der Waals surface area contributed by atoms with Gasteiger partial charge in [0, 0.05) is 38.5 Å². The van der Waals surface area contributed by atoms with E-state index in [1.807, 2.05) is 6.92 Å². The van der Waals surface area contributed by atoms with Crippen molar-refractivity contribution in [3.8, 4) is 0 Å². The molecule has 0 unspecified atom stereocenters. The summed E-state index contributed by atoms with van der Waals surface area (Å²) in [6.07, 6.45) is 2.28. The van der Waals surface area contributed by atoms with Crippen LogP contribution in [-0.2, 0) is 0 Å². The average molecular weight is 349 g/mol. The molecule has 0 atom stereocenters. The molecule has 3 amide bonds. The molecule has 2 saturated heterocycles. The molecule has 2 aliphatic rings. The number of benzene rings is 1. The van der Waals surface area contributed by atoms with Crippen LogP contribution in [-0.4, -0.2) is 54.7 Å². The maximum Gasteiger partial charge on any atom is 0.321 e. The van der Waals surface area contributed by atoms with E-state index in [0.717, 1.165) is 6.42 Å². The number of rotatable bonds is 4. The first kappa shape index (κ1) is 17.7. The van der Waals surface area contributed by atoms with E-state index in [2.05, 4.69) is 5.32 Å². The van der Waals surface area contributed by atoms with Crippen LogP contribution in [0.5, 0.6) is 0 Å². The largest absolute Gasteiger partial charge is 0.396 e. The number of hydrogen-bond acceptors (Lipinski definition) is 3. The highest BCUT2D eigenvalue weighted by atomic mass is 19.1. The van der Waals surface area contributed by atoms with Crippen LogP contribution in [0.3, 0.4) is 0 Å². The van der Waals surface area contributed by atoms with Gasteiger partial charge in [-0.05, 0) is 42.9 Å². The summed E-state index contributed by atoms with van der Waals surface area (Å²) in [5.74, 6) is -0.940. The highest BCUT2D eigenvalue weighted by Crippen LogP contribution is 2.35. The molecule has 1 aromatic rings. The van der Waals surface area contributed by atoms with Gasteiger partial charge in [0.15, 0.2) is 0 Å². The maximum absolute atomic E-state index is 14.2. The fourth-order valence-electron chi connectivity index (χ4n) is 3.54. The lowest BCUT2D eigenvalue weighted by molar-refractivity contribution is 0.0335. The van der Waals surface area contributed by atoms with Crippen LogP contribution in [0.2, 0.25) is 0 Å². The van der Waals surface area contributed by atoms with E-state index in [-0.39, 0.29) is 29.5 Å². The Labute approximate surface area is 146 Å². The first-order valence-corrected chi connectivity index (χ1v) is 8.75. The van der Waals surface area contributed by atoms with Crippen LogP contribution in [0.25, 0.3) is 0 Å². The molecule has 0 aliphatic carbocycles. The lowest BCUT2D eigenvalue weighted by Gasteiger charge is -2.40. The molecule has 2 N–H and O–H groups in total. The van der Waals surface area contributed by atoms with Crippen LogP contribution in [0.15, 0.2) is 18.2 Å². The van der Waals surface area contributed by atoms with Crippen molar-refractivity contribution in [2.75, 3.05) is 37.7 Å². The van der Waals surface area contributed by atoms with Gasteiger partial charge in [-0.25, -0.2) is 9.18 Å². The summed E-state index contributed by atoms with van der Waals surface area (Å²) in [5.41, 5.74) is 0.380. The first-order valence-electron chi connectivity index (χ1n) is 8.75. The Morgan fingerprint density at radius 1 is 1.32 bits per heavy atom. The molecule has 0 aromatic heterocycles. The predicted molar refractivity (Wildman–Crippen MR) is 92.1 cm³/mol. The second-order valence-electron chi connectivity index (χ2n) is 6.85. The summed E-state index contributed by atoms with van der Waals surface area (Å²) < 4.78 is 14.2. The SMILES string of the molecule is CCC1(CO)CCN(C(=O)c2cc(N3CCNC3=O)ccc2F)CC1. The van der Waals surface area contributed by atoms with E-state index in [4.69, 9.17) is 0 Å². The van der Waals surface area contributed by atoms with Crippen molar-refractivity contribution in [3.63, 3.8) is 0 Å². The number of anilines is 1. The molecular weight excluding hydrogens is 325 g/mol. The Kier molecular flexibility index (Phi) is 4.94. The third-order valence-electron chi connectivity index (χ3n) is 5.55. The number of nitrogens with one attached hydrogen (secondary N) is 1. The predicted octanol–water partition coefficient (Wildman–Crippen LogP) is 1.98. The average Bonchev–Trinajstić information content (AvgIpc) is 3.07. The highest BCUT2D eigenvalue weighted by Gasteiger charge is 2.35. The number of nitrogens with zero attached hydrogens (tertiary/aromatic N) is 2. The molecule has 2 heterocycles. The summed E-state index contributed by atoms with van der Waals surface area (Å²) in [6.45, 7) is 4.18. The monoisotopic (exact) mass is 349 g/mol. The Morgan fingerprint density at radius 2 is 2.04 bits per heavy atom. The lowest BCUT2D eigenvalue weighted by atomic mass is 9.77. The summed E-state index contributed by atoms with van der Waals surface area (Å²) in [4.78, 5) is 27.7. The summed E-state index contributed by atoms with van der Waals surface area (Å²) in [6, 6.07) is 3.97. The van der Waals surface area contributed by atoms with Crippen molar-refractivity contribution in [2.45, 2.75) is 26.2 Å². The summed E-state index contributed by atoms with van der Waals surface area (Å²) >= 11 is 0. The van der Waals surface area contributed by atoms with Gasteiger partial charge in [-0.15, -0.1) is 0 Å². The van der Waals surface area contributed by atoms with Crippen molar-refractivity contribution in [2.24, 2.45) is 5.41 Å². The first-order chi connectivity index (χ1) is 12.0. The molecular formula is C18H24FN3O3. The molecule has 0 saturated carbocycles. The van der Waals surface area contributed by atoms with Gasteiger partial charge in [-0.2, -0.15) is 0 Å². The molecule has 136 valence electrons. The van der Waals surface area contributed by atoms with E-state index >= 15 is 0 Å². The zero-order valence-corrected chi connectivity index (χ0v) is 14.4. The van der Waals surface area contributed by atoms with E-state index in [0.29, 0.717) is 44.7 Å². The minimum absolute atomic E-state index is 0.00908. The van der Waals surface area contributed by atoms with Crippen LogP contribution < -0.4 is 10.2 Å². The Morgan fingerprint density at radius 3 is 2.60 bits per heavy atom. The van der Waals surface area contributed by atoms with Gasteiger partial charge in [0.25, 0.3) is 5.91 Å². The number of urea groups is 1. The van der Waals surface area contributed by atoms with Crippen molar-refractivity contribution in [1.29, 1.82) is 0 Å². The fourth-order valence-corrected chi connectivity index (χ4v) is 3.54. The smallest absolute Gasteiger partial charge is 0.321 e.